The monoisotopic (exact) mass is 385 g/mol. The van der Waals surface area contributed by atoms with E-state index in [1.807, 2.05) is 23.1 Å². The van der Waals surface area contributed by atoms with Crippen LogP contribution >= 0.6 is 11.6 Å². The van der Waals surface area contributed by atoms with Gasteiger partial charge in [-0.15, -0.1) is 0 Å². The number of nitrogens with one attached hydrogen (secondary N) is 1. The molecule has 2 amide bonds. The minimum absolute atomic E-state index is 0.0273. The van der Waals surface area contributed by atoms with E-state index in [2.05, 4.69) is 16.3 Å². The molecule has 3 rings (SSSR count). The van der Waals surface area contributed by atoms with Crippen LogP contribution in [-0.4, -0.2) is 68.0 Å². The summed E-state index contributed by atoms with van der Waals surface area (Å²) in [6.45, 7) is 3.82. The highest BCUT2D eigenvalue weighted by Gasteiger charge is 2.27. The summed E-state index contributed by atoms with van der Waals surface area (Å²) in [5, 5.41) is 3.73. The number of amides is 2. The highest BCUT2D eigenvalue weighted by molar-refractivity contribution is 7.91. The predicted molar refractivity (Wildman–Crippen MR) is 98.5 cm³/mol. The molecule has 138 valence electrons. The van der Waals surface area contributed by atoms with Gasteiger partial charge in [0.25, 0.3) is 0 Å². The maximum Gasteiger partial charge on any atom is 0.317 e. The number of hydrogen-bond donors (Lipinski definition) is 1. The number of sulfone groups is 1. The third kappa shape index (κ3) is 5.33. The van der Waals surface area contributed by atoms with Crippen molar-refractivity contribution in [1.29, 1.82) is 0 Å². The lowest BCUT2D eigenvalue weighted by Crippen LogP contribution is -2.54. The lowest BCUT2D eigenvalue weighted by Gasteiger charge is -2.36. The molecule has 0 radical (unpaired) electrons. The van der Waals surface area contributed by atoms with Gasteiger partial charge in [0.05, 0.1) is 11.5 Å². The van der Waals surface area contributed by atoms with E-state index in [0.29, 0.717) is 25.9 Å². The predicted octanol–water partition coefficient (Wildman–Crippen LogP) is 1.74. The average Bonchev–Trinajstić information content (AvgIpc) is 2.57. The molecule has 0 saturated carbocycles. The van der Waals surface area contributed by atoms with Crippen molar-refractivity contribution in [2.24, 2.45) is 0 Å². The molecule has 0 aliphatic carbocycles. The van der Waals surface area contributed by atoms with E-state index in [9.17, 15) is 13.2 Å². The molecule has 1 aromatic carbocycles. The zero-order valence-electron chi connectivity index (χ0n) is 14.2. The number of carbonyl (C=O) groups excluding carboxylic acids is 1. The van der Waals surface area contributed by atoms with Gasteiger partial charge in [0.2, 0.25) is 0 Å². The first kappa shape index (κ1) is 18.5. The maximum atomic E-state index is 12.4. The third-order valence-corrected chi connectivity index (χ3v) is 6.79. The van der Waals surface area contributed by atoms with Crippen molar-refractivity contribution in [2.45, 2.75) is 25.4 Å². The van der Waals surface area contributed by atoms with Crippen molar-refractivity contribution in [3.8, 4) is 0 Å². The van der Waals surface area contributed by atoms with Crippen LogP contribution in [-0.2, 0) is 16.4 Å². The number of benzene rings is 1. The zero-order chi connectivity index (χ0) is 17.9. The van der Waals surface area contributed by atoms with Gasteiger partial charge >= 0.3 is 6.03 Å². The van der Waals surface area contributed by atoms with E-state index in [4.69, 9.17) is 11.6 Å². The van der Waals surface area contributed by atoms with Gasteiger partial charge in [0.1, 0.15) is 9.84 Å². The van der Waals surface area contributed by atoms with Gasteiger partial charge in [-0.3, -0.25) is 4.90 Å². The zero-order valence-corrected chi connectivity index (χ0v) is 15.7. The summed E-state index contributed by atoms with van der Waals surface area (Å²) >= 11 is 6.02. The van der Waals surface area contributed by atoms with Crippen LogP contribution in [0, 0.1) is 0 Å². The summed E-state index contributed by atoms with van der Waals surface area (Å²) in [5.41, 5.74) is 1.17. The van der Waals surface area contributed by atoms with Crippen LogP contribution in [0.3, 0.4) is 0 Å². The van der Waals surface area contributed by atoms with Crippen molar-refractivity contribution in [3.05, 3.63) is 34.9 Å². The fraction of sp³-hybridized carbons (Fsp3) is 0.588. The van der Waals surface area contributed by atoms with Crippen LogP contribution in [0.25, 0.3) is 0 Å². The molecular weight excluding hydrogens is 362 g/mol. The van der Waals surface area contributed by atoms with Gasteiger partial charge < -0.3 is 10.2 Å². The second-order valence-electron chi connectivity index (χ2n) is 6.77. The number of nitrogens with zero attached hydrogens (tertiary/aromatic N) is 2. The number of hydrogen-bond acceptors (Lipinski definition) is 4. The van der Waals surface area contributed by atoms with Crippen LogP contribution in [0.1, 0.15) is 18.4 Å². The van der Waals surface area contributed by atoms with E-state index < -0.39 is 9.84 Å². The molecule has 0 spiro atoms. The molecule has 2 aliphatic rings. The van der Waals surface area contributed by atoms with E-state index in [1.54, 1.807) is 0 Å². The van der Waals surface area contributed by atoms with Crippen LogP contribution < -0.4 is 5.32 Å². The van der Waals surface area contributed by atoms with Crippen molar-refractivity contribution >= 4 is 27.5 Å². The maximum absolute atomic E-state index is 12.4. The van der Waals surface area contributed by atoms with Gasteiger partial charge in [0.15, 0.2) is 0 Å². The summed E-state index contributed by atoms with van der Waals surface area (Å²) in [4.78, 5) is 16.5. The Kier molecular flexibility index (Phi) is 5.86. The Morgan fingerprint density at radius 1 is 1.16 bits per heavy atom. The largest absolute Gasteiger partial charge is 0.335 e. The Morgan fingerprint density at radius 2 is 1.84 bits per heavy atom. The molecule has 2 saturated heterocycles. The fourth-order valence-corrected chi connectivity index (χ4v) is 5.01. The summed E-state index contributed by atoms with van der Waals surface area (Å²) in [5.74, 6) is 0.344. The molecule has 0 bridgehead atoms. The van der Waals surface area contributed by atoms with Gasteiger partial charge in [-0.05, 0) is 30.5 Å². The molecule has 2 fully saturated rings. The summed E-state index contributed by atoms with van der Waals surface area (Å²) in [6, 6.07) is 7.74. The smallest absolute Gasteiger partial charge is 0.317 e. The van der Waals surface area contributed by atoms with E-state index in [1.165, 1.54) is 5.56 Å². The molecule has 1 N–H and O–H groups in total. The lowest BCUT2D eigenvalue weighted by atomic mass is 10.1. The fourth-order valence-electron chi connectivity index (χ4n) is 3.30. The molecule has 2 aliphatic heterocycles. The quantitative estimate of drug-likeness (QED) is 0.860. The molecule has 6 nitrogen and oxygen atoms in total. The standard InChI is InChI=1S/C17H24ClN3O3S/c18-15-3-1-2-14(12-15)13-20-6-8-21(9-7-20)17(22)19-16-4-10-25(23,24)11-5-16/h1-3,12,16H,4-11,13H2,(H,19,22). The number of carbonyl (C=O) groups is 1. The number of halogens is 1. The van der Waals surface area contributed by atoms with Gasteiger partial charge in [-0.2, -0.15) is 0 Å². The molecular formula is C17H24ClN3O3S. The van der Waals surface area contributed by atoms with Crippen LogP contribution in [0.2, 0.25) is 5.02 Å². The summed E-state index contributed by atoms with van der Waals surface area (Å²) in [6.07, 6.45) is 1.03. The highest BCUT2D eigenvalue weighted by atomic mass is 35.5. The minimum atomic E-state index is -2.90. The molecule has 1 aromatic rings. The SMILES string of the molecule is O=C(NC1CCS(=O)(=O)CC1)N1CCN(Cc2cccc(Cl)c2)CC1. The van der Waals surface area contributed by atoms with Crippen molar-refractivity contribution < 1.29 is 13.2 Å². The van der Waals surface area contributed by atoms with Gasteiger partial charge in [-0.1, -0.05) is 23.7 Å². The summed E-state index contributed by atoms with van der Waals surface area (Å²) in [7, 11) is -2.90. The Labute approximate surface area is 154 Å². The van der Waals surface area contributed by atoms with Gasteiger partial charge in [-0.25, -0.2) is 13.2 Å². The topological polar surface area (TPSA) is 69.7 Å². The molecule has 2 heterocycles. The Bertz CT molecular complexity index is 704. The van der Waals surface area contributed by atoms with E-state index >= 15 is 0 Å². The van der Waals surface area contributed by atoms with E-state index in [0.717, 1.165) is 24.7 Å². The van der Waals surface area contributed by atoms with E-state index in [-0.39, 0.29) is 23.6 Å². The first-order chi connectivity index (χ1) is 11.9. The van der Waals surface area contributed by atoms with Crippen LogP contribution in [0.4, 0.5) is 4.79 Å². The Balaban J connectivity index is 1.43. The first-order valence-corrected chi connectivity index (χ1v) is 10.8. The minimum Gasteiger partial charge on any atom is -0.335 e. The number of piperazine rings is 1. The third-order valence-electron chi connectivity index (χ3n) is 4.84. The molecule has 0 atom stereocenters. The molecule has 0 unspecified atom stereocenters. The average molecular weight is 386 g/mol. The highest BCUT2D eigenvalue weighted by Crippen LogP contribution is 2.15. The van der Waals surface area contributed by atoms with Crippen molar-refractivity contribution in [2.75, 3.05) is 37.7 Å². The van der Waals surface area contributed by atoms with Gasteiger partial charge in [0, 0.05) is 43.8 Å². The first-order valence-electron chi connectivity index (χ1n) is 8.64. The Morgan fingerprint density at radius 3 is 2.48 bits per heavy atom. The van der Waals surface area contributed by atoms with Crippen molar-refractivity contribution in [3.63, 3.8) is 0 Å². The van der Waals surface area contributed by atoms with Crippen molar-refractivity contribution in [1.82, 2.24) is 15.1 Å². The van der Waals surface area contributed by atoms with Crippen LogP contribution in [0.5, 0.6) is 0 Å². The number of urea groups is 1. The second-order valence-corrected chi connectivity index (χ2v) is 9.51. The lowest BCUT2D eigenvalue weighted by molar-refractivity contribution is 0.133. The molecule has 25 heavy (non-hydrogen) atoms. The normalized spacial score (nSPS) is 21.9. The Hall–Kier alpha value is -1.31. The van der Waals surface area contributed by atoms with Crippen LogP contribution in [0.15, 0.2) is 24.3 Å². The summed E-state index contributed by atoms with van der Waals surface area (Å²) < 4.78 is 22.9. The molecule has 8 heteroatoms. The second kappa shape index (κ2) is 7.93. The number of rotatable bonds is 3. The molecule has 0 aromatic heterocycles.